The van der Waals surface area contributed by atoms with Crippen molar-refractivity contribution in [1.29, 1.82) is 0 Å². The molecular weight excluding hydrogens is 312 g/mol. The van der Waals surface area contributed by atoms with Crippen molar-refractivity contribution >= 4 is 39.8 Å². The Labute approximate surface area is 130 Å². The van der Waals surface area contributed by atoms with Gasteiger partial charge >= 0.3 is 5.97 Å². The molecule has 2 rings (SSSR count). The lowest BCUT2D eigenvalue weighted by Gasteiger charge is -2.08. The Kier molecular flexibility index (Phi) is 4.59. The molecule has 0 bridgehead atoms. The van der Waals surface area contributed by atoms with E-state index < -0.39 is 5.97 Å². The Morgan fingerprint density at radius 3 is 2.62 bits per heavy atom. The van der Waals surface area contributed by atoms with Crippen molar-refractivity contribution < 1.29 is 14.7 Å². The number of nitrogens with zero attached hydrogens (tertiary/aromatic N) is 1. The predicted molar refractivity (Wildman–Crippen MR) is 82.6 cm³/mol. The Bertz CT molecular complexity index is 697. The minimum Gasteiger partial charge on any atom is -0.477 e. The third-order valence-corrected chi connectivity index (χ3v) is 3.90. The van der Waals surface area contributed by atoms with Crippen molar-refractivity contribution in [2.24, 2.45) is 0 Å². The molecule has 7 heteroatoms. The van der Waals surface area contributed by atoms with E-state index in [4.69, 9.17) is 16.7 Å². The maximum absolute atomic E-state index is 12.2. The summed E-state index contributed by atoms with van der Waals surface area (Å²) in [6.07, 6.45) is 0. The summed E-state index contributed by atoms with van der Waals surface area (Å²) < 4.78 is 0. The number of aromatic nitrogens is 1. The number of carbonyl (C=O) groups is 2. The highest BCUT2D eigenvalue weighted by molar-refractivity contribution is 7.18. The van der Waals surface area contributed by atoms with Gasteiger partial charge in [-0.15, -0.1) is 11.3 Å². The summed E-state index contributed by atoms with van der Waals surface area (Å²) in [6, 6.07) is 6.16. The molecule has 0 spiro atoms. The maximum Gasteiger partial charge on any atom is 0.345 e. The number of carbonyl (C=O) groups excluding carboxylic acids is 1. The van der Waals surface area contributed by atoms with Crippen LogP contribution in [-0.4, -0.2) is 22.0 Å². The molecule has 2 aromatic heterocycles. The normalized spacial score (nSPS) is 10.7. The van der Waals surface area contributed by atoms with E-state index in [-0.39, 0.29) is 21.9 Å². The van der Waals surface area contributed by atoms with Gasteiger partial charge < -0.3 is 10.4 Å². The molecule has 110 valence electrons. The zero-order chi connectivity index (χ0) is 15.6. The van der Waals surface area contributed by atoms with E-state index in [1.807, 2.05) is 13.8 Å². The van der Waals surface area contributed by atoms with Gasteiger partial charge in [0.25, 0.3) is 5.91 Å². The van der Waals surface area contributed by atoms with Gasteiger partial charge in [0.2, 0.25) is 0 Å². The number of aromatic carboxylic acids is 1. The molecule has 0 fully saturated rings. The van der Waals surface area contributed by atoms with Crippen LogP contribution in [0.15, 0.2) is 24.3 Å². The van der Waals surface area contributed by atoms with Crippen molar-refractivity contribution in [3.63, 3.8) is 0 Å². The minimum atomic E-state index is -1.02. The first-order valence-corrected chi connectivity index (χ1v) is 7.38. The summed E-state index contributed by atoms with van der Waals surface area (Å²) in [7, 11) is 0. The van der Waals surface area contributed by atoms with Crippen molar-refractivity contribution in [2.75, 3.05) is 5.32 Å². The van der Waals surface area contributed by atoms with Gasteiger partial charge in [0.1, 0.15) is 10.0 Å². The highest BCUT2D eigenvalue weighted by atomic mass is 35.5. The van der Waals surface area contributed by atoms with Crippen LogP contribution in [0, 0.1) is 0 Å². The Balaban J connectivity index is 2.21. The van der Waals surface area contributed by atoms with Crippen LogP contribution in [0.4, 0.5) is 5.00 Å². The van der Waals surface area contributed by atoms with E-state index in [2.05, 4.69) is 10.3 Å². The minimum absolute atomic E-state index is 0.149. The molecule has 0 aliphatic carbocycles. The number of rotatable bonds is 4. The fourth-order valence-electron chi connectivity index (χ4n) is 1.65. The molecular formula is C14H13ClN2O3S. The fourth-order valence-corrected chi connectivity index (χ4v) is 2.60. The average molecular weight is 325 g/mol. The lowest BCUT2D eigenvalue weighted by molar-refractivity contribution is 0.0702. The van der Waals surface area contributed by atoms with E-state index >= 15 is 0 Å². The highest BCUT2D eigenvalue weighted by Gasteiger charge is 2.13. The second kappa shape index (κ2) is 6.24. The fraction of sp³-hybridized carbons (Fsp3) is 0.214. The molecule has 2 N–H and O–H groups in total. The van der Waals surface area contributed by atoms with E-state index in [1.54, 1.807) is 12.1 Å². The van der Waals surface area contributed by atoms with Crippen LogP contribution in [0.2, 0.25) is 5.15 Å². The molecule has 0 aromatic carbocycles. The Morgan fingerprint density at radius 1 is 1.33 bits per heavy atom. The van der Waals surface area contributed by atoms with Gasteiger partial charge in [0.15, 0.2) is 0 Å². The molecule has 0 saturated heterocycles. The largest absolute Gasteiger partial charge is 0.477 e. The molecule has 1 amide bonds. The van der Waals surface area contributed by atoms with Gasteiger partial charge in [-0.1, -0.05) is 25.4 Å². The van der Waals surface area contributed by atoms with Crippen LogP contribution in [0.3, 0.4) is 0 Å². The number of carboxylic acid groups (broad SMARTS) is 1. The average Bonchev–Trinajstić information content (AvgIpc) is 2.86. The zero-order valence-electron chi connectivity index (χ0n) is 11.4. The monoisotopic (exact) mass is 324 g/mol. The summed E-state index contributed by atoms with van der Waals surface area (Å²) in [6.45, 7) is 3.91. The van der Waals surface area contributed by atoms with E-state index in [0.717, 1.165) is 17.0 Å². The molecule has 0 unspecified atom stereocenters. The number of hydrogen-bond donors (Lipinski definition) is 2. The summed E-state index contributed by atoms with van der Waals surface area (Å²) in [4.78, 5) is 27.3. The number of nitrogens with one attached hydrogen (secondary N) is 1. The number of pyridine rings is 1. The SMILES string of the molecule is CC(C)c1cc(C(=O)Nc2ccc(C(=O)O)s2)cc(Cl)n1. The Morgan fingerprint density at radius 2 is 2.05 bits per heavy atom. The van der Waals surface area contributed by atoms with Crippen molar-refractivity contribution in [3.8, 4) is 0 Å². The molecule has 0 saturated carbocycles. The number of hydrogen-bond acceptors (Lipinski definition) is 4. The quantitative estimate of drug-likeness (QED) is 0.837. The molecule has 0 atom stereocenters. The number of amides is 1. The van der Waals surface area contributed by atoms with Gasteiger partial charge in [0.05, 0.1) is 5.00 Å². The lowest BCUT2D eigenvalue weighted by atomic mass is 10.1. The summed E-state index contributed by atoms with van der Waals surface area (Å²) in [5.41, 5.74) is 1.12. The van der Waals surface area contributed by atoms with Gasteiger partial charge in [0, 0.05) is 11.3 Å². The standard InChI is InChI=1S/C14H13ClN2O3S/c1-7(2)9-5-8(6-11(15)16-9)13(18)17-12-4-3-10(21-12)14(19)20/h3-7H,1-2H3,(H,17,18)(H,19,20). The highest BCUT2D eigenvalue weighted by Crippen LogP contribution is 2.23. The molecule has 0 aliphatic heterocycles. The summed E-state index contributed by atoms with van der Waals surface area (Å²) in [5, 5.41) is 12.2. The molecule has 0 radical (unpaired) electrons. The first-order valence-electron chi connectivity index (χ1n) is 6.19. The van der Waals surface area contributed by atoms with Gasteiger partial charge in [-0.05, 0) is 30.2 Å². The van der Waals surface area contributed by atoms with Crippen molar-refractivity contribution in [1.82, 2.24) is 4.98 Å². The maximum atomic E-state index is 12.2. The van der Waals surface area contributed by atoms with E-state index in [1.165, 1.54) is 12.1 Å². The third kappa shape index (κ3) is 3.80. The first-order chi connectivity index (χ1) is 9.86. The van der Waals surface area contributed by atoms with Crippen molar-refractivity contribution in [3.05, 3.63) is 45.6 Å². The van der Waals surface area contributed by atoms with Crippen LogP contribution in [-0.2, 0) is 0 Å². The number of carboxylic acids is 1. The third-order valence-electron chi connectivity index (χ3n) is 2.72. The van der Waals surface area contributed by atoms with Crippen molar-refractivity contribution in [2.45, 2.75) is 19.8 Å². The lowest BCUT2D eigenvalue weighted by Crippen LogP contribution is -2.12. The molecule has 5 nitrogen and oxygen atoms in total. The van der Waals surface area contributed by atoms with Crippen LogP contribution in [0.1, 0.15) is 45.5 Å². The molecule has 21 heavy (non-hydrogen) atoms. The van der Waals surface area contributed by atoms with Crippen LogP contribution in [0.5, 0.6) is 0 Å². The molecule has 2 heterocycles. The number of thiophene rings is 1. The number of anilines is 1. The second-order valence-corrected chi connectivity index (χ2v) is 6.15. The predicted octanol–water partition coefficient (Wildman–Crippen LogP) is 3.87. The van der Waals surface area contributed by atoms with Crippen LogP contribution < -0.4 is 5.32 Å². The van der Waals surface area contributed by atoms with Gasteiger partial charge in [-0.2, -0.15) is 0 Å². The topological polar surface area (TPSA) is 79.3 Å². The molecule has 2 aromatic rings. The smallest absolute Gasteiger partial charge is 0.345 e. The Hall–Kier alpha value is -1.92. The van der Waals surface area contributed by atoms with Crippen LogP contribution in [0.25, 0.3) is 0 Å². The van der Waals surface area contributed by atoms with Crippen LogP contribution >= 0.6 is 22.9 Å². The first kappa shape index (κ1) is 15.5. The second-order valence-electron chi connectivity index (χ2n) is 4.68. The van der Waals surface area contributed by atoms with E-state index in [9.17, 15) is 9.59 Å². The molecule has 0 aliphatic rings. The zero-order valence-corrected chi connectivity index (χ0v) is 13.0. The van der Waals surface area contributed by atoms with Gasteiger partial charge in [-0.3, -0.25) is 4.79 Å². The van der Waals surface area contributed by atoms with E-state index in [0.29, 0.717) is 10.6 Å². The summed E-state index contributed by atoms with van der Waals surface area (Å²) >= 11 is 6.92. The van der Waals surface area contributed by atoms with Gasteiger partial charge in [-0.25, -0.2) is 9.78 Å². The summed E-state index contributed by atoms with van der Waals surface area (Å²) in [5.74, 6) is -1.22. The number of halogens is 1.